The number of para-hydroxylation sites is 1. The number of carbonyl (C=O) groups is 1. The van der Waals surface area contributed by atoms with Gasteiger partial charge in [0.1, 0.15) is 17.5 Å². The van der Waals surface area contributed by atoms with Gasteiger partial charge in [-0.2, -0.15) is 10.4 Å². The van der Waals surface area contributed by atoms with Gasteiger partial charge in [0.25, 0.3) is 5.91 Å². The summed E-state index contributed by atoms with van der Waals surface area (Å²) in [6.07, 6.45) is 0.538. The number of amides is 1. The number of nitriles is 1. The fourth-order valence-electron chi connectivity index (χ4n) is 4.13. The molecule has 4 aromatic rings. The molecule has 5 rings (SSSR count). The zero-order valence-corrected chi connectivity index (χ0v) is 18.3. The third-order valence-corrected chi connectivity index (χ3v) is 5.77. The van der Waals surface area contributed by atoms with E-state index in [1.807, 2.05) is 60.7 Å². The lowest BCUT2D eigenvalue weighted by atomic mass is 10.1. The summed E-state index contributed by atoms with van der Waals surface area (Å²) in [5.41, 5.74) is 4.81. The summed E-state index contributed by atoms with van der Waals surface area (Å²) in [5, 5.41) is 28.2. The van der Waals surface area contributed by atoms with Crippen molar-refractivity contribution in [3.8, 4) is 28.8 Å². The van der Waals surface area contributed by atoms with Crippen LogP contribution >= 0.6 is 0 Å². The lowest BCUT2D eigenvalue weighted by Gasteiger charge is -2.08. The molecule has 1 amide bonds. The van der Waals surface area contributed by atoms with E-state index in [0.717, 1.165) is 28.1 Å². The van der Waals surface area contributed by atoms with Crippen molar-refractivity contribution < 1.29 is 14.6 Å². The first kappa shape index (κ1) is 21.0. The third kappa shape index (κ3) is 3.57. The molecular formula is C27H20N4O3. The number of anilines is 1. The van der Waals surface area contributed by atoms with Crippen LogP contribution in [0.2, 0.25) is 0 Å². The van der Waals surface area contributed by atoms with E-state index < -0.39 is 17.2 Å². The Kier molecular flexibility index (Phi) is 5.32. The number of nitrogens with zero attached hydrogens (tertiary/aromatic N) is 3. The maximum atomic E-state index is 12.9. The largest absolute Gasteiger partial charge is 0.504 e. The van der Waals surface area contributed by atoms with Crippen LogP contribution in [0.15, 0.2) is 84.4 Å². The topological polar surface area (TPSA) is 100 Å². The van der Waals surface area contributed by atoms with Crippen LogP contribution in [0.25, 0.3) is 22.7 Å². The first-order valence-electron chi connectivity index (χ1n) is 10.7. The summed E-state index contributed by atoms with van der Waals surface area (Å²) in [6.45, 7) is 0. The fraction of sp³-hybridized carbons (Fsp3) is 0.0741. The predicted octanol–water partition coefficient (Wildman–Crippen LogP) is 4.88. The number of ether oxygens (including phenoxy) is 1. The molecule has 7 nitrogen and oxygen atoms in total. The molecule has 2 N–H and O–H groups in total. The van der Waals surface area contributed by atoms with Gasteiger partial charge >= 0.3 is 0 Å². The molecule has 0 radical (unpaired) electrons. The van der Waals surface area contributed by atoms with Crippen molar-refractivity contribution in [3.05, 3.63) is 101 Å². The highest BCUT2D eigenvalue weighted by Gasteiger charge is 2.31. The van der Waals surface area contributed by atoms with Crippen LogP contribution in [0.1, 0.15) is 16.8 Å². The number of rotatable bonds is 5. The zero-order chi connectivity index (χ0) is 23.7. The second-order valence-corrected chi connectivity index (χ2v) is 7.78. The average molecular weight is 448 g/mol. The second kappa shape index (κ2) is 8.60. The van der Waals surface area contributed by atoms with Crippen LogP contribution in [0.4, 0.5) is 5.69 Å². The number of aromatic nitrogens is 2. The van der Waals surface area contributed by atoms with Crippen molar-refractivity contribution in [1.82, 2.24) is 9.78 Å². The molecule has 7 heteroatoms. The Morgan fingerprint density at radius 3 is 2.47 bits per heavy atom. The second-order valence-electron chi connectivity index (χ2n) is 7.78. The lowest BCUT2D eigenvalue weighted by molar-refractivity contribution is -0.112. The van der Waals surface area contributed by atoms with Crippen LogP contribution in [-0.2, 0) is 11.2 Å². The molecule has 0 saturated heterocycles. The van der Waals surface area contributed by atoms with Crippen LogP contribution in [0.3, 0.4) is 0 Å². The molecule has 166 valence electrons. The van der Waals surface area contributed by atoms with Gasteiger partial charge in [-0.25, -0.2) is 4.68 Å². The number of aliphatic hydroxyl groups is 1. The zero-order valence-electron chi connectivity index (χ0n) is 18.3. The van der Waals surface area contributed by atoms with E-state index in [4.69, 9.17) is 4.74 Å². The summed E-state index contributed by atoms with van der Waals surface area (Å²) in [7, 11) is 1.55. The Hall–Kier alpha value is -4.83. The van der Waals surface area contributed by atoms with Gasteiger partial charge in [0.2, 0.25) is 0 Å². The van der Waals surface area contributed by atoms with Gasteiger partial charge in [0.05, 0.1) is 18.5 Å². The van der Waals surface area contributed by atoms with E-state index in [0.29, 0.717) is 17.9 Å². The van der Waals surface area contributed by atoms with Gasteiger partial charge in [-0.1, -0.05) is 42.5 Å². The Balaban J connectivity index is 1.59. The van der Waals surface area contributed by atoms with E-state index >= 15 is 0 Å². The summed E-state index contributed by atoms with van der Waals surface area (Å²) in [5.74, 6) is -0.533. The van der Waals surface area contributed by atoms with Gasteiger partial charge in [-0.05, 0) is 42.0 Å². The summed E-state index contributed by atoms with van der Waals surface area (Å²) in [4.78, 5) is 12.9. The molecule has 0 bridgehead atoms. The smallest absolute Gasteiger partial charge is 0.270 e. The number of fused-ring (bicyclic) bond motifs is 3. The molecule has 0 atom stereocenters. The summed E-state index contributed by atoms with van der Waals surface area (Å²) >= 11 is 0. The van der Waals surface area contributed by atoms with Crippen LogP contribution in [0, 0.1) is 11.3 Å². The molecule has 34 heavy (non-hydrogen) atoms. The first-order valence-corrected chi connectivity index (χ1v) is 10.7. The molecule has 1 aliphatic rings. The monoisotopic (exact) mass is 448 g/mol. The maximum Gasteiger partial charge on any atom is 0.270 e. The van der Waals surface area contributed by atoms with E-state index in [1.165, 1.54) is 0 Å². The van der Waals surface area contributed by atoms with E-state index in [-0.39, 0.29) is 5.69 Å². The van der Waals surface area contributed by atoms with Gasteiger partial charge in [0.15, 0.2) is 11.3 Å². The maximum absolute atomic E-state index is 12.9. The quantitative estimate of drug-likeness (QED) is 0.227. The van der Waals surface area contributed by atoms with Crippen molar-refractivity contribution in [2.24, 2.45) is 0 Å². The van der Waals surface area contributed by atoms with Crippen molar-refractivity contribution in [2.45, 2.75) is 6.42 Å². The number of carbonyl (C=O) groups excluding carboxylic acids is 1. The minimum atomic E-state index is -0.719. The van der Waals surface area contributed by atoms with E-state index in [2.05, 4.69) is 10.4 Å². The lowest BCUT2D eigenvalue weighted by Crippen LogP contribution is -2.15. The molecule has 3 aromatic carbocycles. The van der Waals surface area contributed by atoms with Crippen molar-refractivity contribution in [3.63, 3.8) is 0 Å². The minimum absolute atomic E-state index is 0.219. The normalized spacial score (nSPS) is 12.2. The van der Waals surface area contributed by atoms with Crippen LogP contribution < -0.4 is 10.1 Å². The molecule has 0 fully saturated rings. The van der Waals surface area contributed by atoms with Crippen molar-refractivity contribution >= 4 is 17.4 Å². The van der Waals surface area contributed by atoms with E-state index in [1.54, 1.807) is 36.1 Å². The Bertz CT molecular complexity index is 1460. The highest BCUT2D eigenvalue weighted by Crippen LogP contribution is 2.41. The molecule has 0 saturated carbocycles. The average Bonchev–Trinajstić information content (AvgIpc) is 3.43. The molecule has 1 aromatic heterocycles. The SMILES string of the molecule is COc1ccc(NC(=O)/C(C#N)=C(\O)c2nn(-c3ccccc3)c3c2Cc2ccccc2-3)cc1. The van der Waals surface area contributed by atoms with Gasteiger partial charge in [0, 0.05) is 23.2 Å². The summed E-state index contributed by atoms with van der Waals surface area (Å²) < 4.78 is 6.88. The number of hydrogen-bond donors (Lipinski definition) is 2. The fourth-order valence-corrected chi connectivity index (χ4v) is 4.13. The predicted molar refractivity (Wildman–Crippen MR) is 129 cm³/mol. The molecule has 0 spiro atoms. The Morgan fingerprint density at radius 1 is 1.06 bits per heavy atom. The van der Waals surface area contributed by atoms with Crippen molar-refractivity contribution in [2.75, 3.05) is 12.4 Å². The van der Waals surface area contributed by atoms with Gasteiger partial charge in [-0.3, -0.25) is 4.79 Å². The highest BCUT2D eigenvalue weighted by atomic mass is 16.5. The van der Waals surface area contributed by atoms with E-state index in [9.17, 15) is 15.2 Å². The van der Waals surface area contributed by atoms with Crippen molar-refractivity contribution in [1.29, 1.82) is 5.26 Å². The van der Waals surface area contributed by atoms with Crippen LogP contribution in [0.5, 0.6) is 5.75 Å². The molecule has 0 aliphatic heterocycles. The Morgan fingerprint density at radius 2 is 1.76 bits per heavy atom. The number of hydrogen-bond acceptors (Lipinski definition) is 5. The minimum Gasteiger partial charge on any atom is -0.504 e. The number of aliphatic hydroxyl groups excluding tert-OH is 1. The Labute approximate surface area is 196 Å². The highest BCUT2D eigenvalue weighted by molar-refractivity contribution is 6.11. The molecule has 1 aliphatic carbocycles. The molecule has 0 unspecified atom stereocenters. The summed E-state index contributed by atoms with van der Waals surface area (Å²) in [6, 6.07) is 26.0. The first-order chi connectivity index (χ1) is 16.6. The molecule has 1 heterocycles. The van der Waals surface area contributed by atoms with Crippen LogP contribution in [-0.4, -0.2) is 27.9 Å². The van der Waals surface area contributed by atoms with Gasteiger partial charge < -0.3 is 15.2 Å². The molecular weight excluding hydrogens is 428 g/mol. The number of benzene rings is 3. The standard InChI is InChI=1S/C27H20N4O3/c1-34-20-13-11-18(12-14-20)29-27(33)23(16-28)26(32)24-22-15-17-7-5-6-10-21(17)25(22)31(30-24)19-8-3-2-4-9-19/h2-14,32H,15H2,1H3,(H,29,33)/b26-23-. The van der Waals surface area contributed by atoms with Gasteiger partial charge in [-0.15, -0.1) is 0 Å². The third-order valence-electron chi connectivity index (χ3n) is 5.77. The number of methoxy groups -OCH3 is 1. The number of nitrogens with one attached hydrogen (secondary N) is 1.